The number of allylic oxidation sites excluding steroid dienone is 6. The van der Waals surface area contributed by atoms with Gasteiger partial charge in [-0.25, -0.2) is 44.7 Å². The van der Waals surface area contributed by atoms with Crippen molar-refractivity contribution >= 4 is 0 Å². The molecule has 0 spiro atoms. The zero-order valence-corrected chi connectivity index (χ0v) is 13.5. The van der Waals surface area contributed by atoms with Gasteiger partial charge in [0.2, 0.25) is 0 Å². The molecule has 0 aromatic rings. The van der Waals surface area contributed by atoms with Crippen molar-refractivity contribution in [1.82, 2.24) is 0 Å². The second kappa shape index (κ2) is 12.7. The summed E-state index contributed by atoms with van der Waals surface area (Å²) in [4.78, 5) is 0. The predicted molar refractivity (Wildman–Crippen MR) is 71.1 cm³/mol. The van der Waals surface area contributed by atoms with Gasteiger partial charge in [-0.1, -0.05) is 26.7 Å². The van der Waals surface area contributed by atoms with E-state index in [4.69, 9.17) is 0 Å². The van der Waals surface area contributed by atoms with Crippen LogP contribution >= 0.6 is 0 Å². The first-order valence-electron chi connectivity index (χ1n) is 5.04. The fourth-order valence-electron chi connectivity index (χ4n) is 1.16. The molecule has 0 heterocycles. The first kappa shape index (κ1) is 20.9. The van der Waals surface area contributed by atoms with Crippen LogP contribution in [0.25, 0.3) is 0 Å². The summed E-state index contributed by atoms with van der Waals surface area (Å²) in [7, 11) is 0. The van der Waals surface area contributed by atoms with Crippen LogP contribution in [0.5, 0.6) is 0 Å². The third-order valence-corrected chi connectivity index (χ3v) is 2.24. The first-order chi connectivity index (χ1) is 6.95. The Bertz CT molecular complexity index is 251. The van der Waals surface area contributed by atoms with Crippen LogP contribution < -0.4 is 0 Å². The molecule has 1 atom stereocenters. The normalized spacial score (nSPS) is 16.8. The van der Waals surface area contributed by atoms with Crippen LogP contribution in [-0.4, -0.2) is 0 Å². The minimum absolute atomic E-state index is 0. The van der Waals surface area contributed by atoms with Gasteiger partial charge in [-0.2, -0.15) is 11.1 Å². The summed E-state index contributed by atoms with van der Waals surface area (Å²) in [5.74, 6) is 0.560. The molecule has 0 fully saturated rings. The van der Waals surface area contributed by atoms with Crippen LogP contribution in [0.2, 0.25) is 0 Å². The zero-order chi connectivity index (χ0) is 12.4. The molecular formula is C15H23Zr. The van der Waals surface area contributed by atoms with E-state index in [1.807, 2.05) is 0 Å². The summed E-state index contributed by atoms with van der Waals surface area (Å²) in [6, 6.07) is 0. The third kappa shape index (κ3) is 8.86. The second-order valence-electron chi connectivity index (χ2n) is 3.38. The number of hydrogen-bond acceptors (Lipinski definition) is 0. The van der Waals surface area contributed by atoms with Crippen LogP contribution in [0, 0.1) is 25.8 Å². The summed E-state index contributed by atoms with van der Waals surface area (Å²) >= 11 is 0. The van der Waals surface area contributed by atoms with E-state index < -0.39 is 0 Å². The van der Waals surface area contributed by atoms with Gasteiger partial charge in [0.1, 0.15) is 0 Å². The van der Waals surface area contributed by atoms with Gasteiger partial charge in [-0.05, 0) is 0 Å². The van der Waals surface area contributed by atoms with E-state index in [9.17, 15) is 0 Å². The molecule has 1 heteroatoms. The fourth-order valence-corrected chi connectivity index (χ4v) is 1.16. The second-order valence-corrected chi connectivity index (χ2v) is 3.38. The molecule has 1 rings (SSSR count). The van der Waals surface area contributed by atoms with Gasteiger partial charge in [0.25, 0.3) is 0 Å². The third-order valence-electron chi connectivity index (χ3n) is 2.24. The van der Waals surface area contributed by atoms with Gasteiger partial charge in [-0.3, -0.25) is 6.08 Å². The van der Waals surface area contributed by atoms with E-state index in [-0.39, 0.29) is 26.2 Å². The van der Waals surface area contributed by atoms with Gasteiger partial charge in [-0.15, -0.1) is 6.92 Å². The van der Waals surface area contributed by atoms with Gasteiger partial charge in [0.15, 0.2) is 0 Å². The summed E-state index contributed by atoms with van der Waals surface area (Å²) in [5.41, 5.74) is 4.25. The Morgan fingerprint density at radius 1 is 1.12 bits per heavy atom. The van der Waals surface area contributed by atoms with Gasteiger partial charge < -0.3 is 0 Å². The molecule has 16 heavy (non-hydrogen) atoms. The molecule has 0 amide bonds. The quantitative estimate of drug-likeness (QED) is 0.566. The molecule has 0 aromatic heterocycles. The topological polar surface area (TPSA) is 0 Å². The molecule has 0 N–H and O–H groups in total. The Hall–Kier alpha value is -0.417. The van der Waals surface area contributed by atoms with Gasteiger partial charge in [0, 0.05) is 0 Å². The van der Waals surface area contributed by atoms with Gasteiger partial charge >= 0.3 is 26.2 Å². The Balaban J connectivity index is -0.000000207. The molecule has 1 radical (unpaired) electrons. The van der Waals surface area contributed by atoms with Crippen LogP contribution in [0.3, 0.4) is 0 Å². The average Bonchev–Trinajstić information content (AvgIpc) is 2.36. The largest absolute Gasteiger partial charge is 3.00 e. The average molecular weight is 295 g/mol. The Morgan fingerprint density at radius 3 is 1.50 bits per heavy atom. The van der Waals surface area contributed by atoms with Crippen molar-refractivity contribution in [1.29, 1.82) is 0 Å². The Kier molecular flexibility index (Phi) is 16.6. The molecule has 0 aromatic carbocycles. The first-order valence-corrected chi connectivity index (χ1v) is 5.04. The van der Waals surface area contributed by atoms with Crippen molar-refractivity contribution in [2.24, 2.45) is 5.92 Å². The molecule has 0 saturated carbocycles. The molecule has 0 saturated heterocycles. The van der Waals surface area contributed by atoms with E-state index in [1.165, 1.54) is 28.9 Å². The molecule has 1 unspecified atom stereocenters. The summed E-state index contributed by atoms with van der Waals surface area (Å²) in [5, 5.41) is 0. The van der Waals surface area contributed by atoms with E-state index in [2.05, 4.69) is 60.8 Å². The van der Waals surface area contributed by atoms with Crippen LogP contribution in [0.1, 0.15) is 27.7 Å². The molecule has 1 aliphatic rings. The van der Waals surface area contributed by atoms with E-state index in [1.54, 1.807) is 0 Å². The smallest absolute Gasteiger partial charge is 0.266 e. The van der Waals surface area contributed by atoms with Crippen molar-refractivity contribution in [3.05, 3.63) is 62.0 Å². The predicted octanol–water partition coefficient (Wildman–Crippen LogP) is 4.73. The number of rotatable bonds is 0. The van der Waals surface area contributed by atoms with Crippen molar-refractivity contribution < 1.29 is 26.2 Å². The summed E-state index contributed by atoms with van der Waals surface area (Å²) < 4.78 is 0. The minimum atomic E-state index is 0. The minimum Gasteiger partial charge on any atom is -0.266 e. The van der Waals surface area contributed by atoms with E-state index in [0.717, 1.165) is 0 Å². The number of hydrogen-bond donors (Lipinski definition) is 0. The summed E-state index contributed by atoms with van der Waals surface area (Å²) in [6.45, 7) is 21.7. The maximum absolute atomic E-state index is 3.36. The van der Waals surface area contributed by atoms with Crippen LogP contribution in [0.4, 0.5) is 0 Å². The van der Waals surface area contributed by atoms with Crippen molar-refractivity contribution in [2.45, 2.75) is 27.7 Å². The van der Waals surface area contributed by atoms with Crippen LogP contribution in [-0.2, 0) is 26.2 Å². The maximum Gasteiger partial charge on any atom is 3.00 e. The van der Waals surface area contributed by atoms with Crippen molar-refractivity contribution in [2.75, 3.05) is 0 Å². The zero-order valence-electron chi connectivity index (χ0n) is 11.1. The molecule has 87 valence electrons. The summed E-state index contributed by atoms with van der Waals surface area (Å²) in [6.07, 6.45) is 6.36. The molecule has 0 nitrogen and oxygen atoms in total. The molecular weight excluding hydrogens is 271 g/mol. The van der Waals surface area contributed by atoms with Crippen molar-refractivity contribution in [3.8, 4) is 0 Å². The maximum atomic E-state index is 3.36. The van der Waals surface area contributed by atoms with E-state index >= 15 is 0 Å². The van der Waals surface area contributed by atoms with Crippen LogP contribution in [0.15, 0.2) is 42.0 Å². The standard InChI is InChI=1S/C9H13.2C3H5.Zr/c1-6-5-7(2)9(4)8(6)3;2*1-3-2;/h6H,1-4H3;2*3H,1-2H2;/q3*-1;+3. The Morgan fingerprint density at radius 2 is 1.44 bits per heavy atom. The SMILES string of the molecule is C=C[CH2-].C=C[CH2-].CC1=[C-]C(C)C(C)=C1C.[Zr+3]. The van der Waals surface area contributed by atoms with Gasteiger partial charge in [0.05, 0.1) is 0 Å². The monoisotopic (exact) mass is 293 g/mol. The van der Waals surface area contributed by atoms with E-state index in [0.29, 0.717) is 5.92 Å². The Labute approximate surface area is 121 Å². The molecule has 0 bridgehead atoms. The molecule has 1 aliphatic carbocycles. The molecule has 0 aliphatic heterocycles. The van der Waals surface area contributed by atoms with Crippen molar-refractivity contribution in [3.63, 3.8) is 0 Å². The fraction of sp³-hybridized carbons (Fsp3) is 0.333.